The molecule has 104 valence electrons. The van der Waals surface area contributed by atoms with Crippen molar-refractivity contribution < 1.29 is 14.7 Å². The number of carbonyl (C=O) groups is 2. The second kappa shape index (κ2) is 6.43. The average Bonchev–Trinajstić information content (AvgIpc) is 2.41. The van der Waals surface area contributed by atoms with Crippen LogP contribution in [0, 0.1) is 5.41 Å². The van der Waals surface area contributed by atoms with Gasteiger partial charge in [0.15, 0.2) is 0 Å². The second-order valence-corrected chi connectivity index (χ2v) is 5.77. The summed E-state index contributed by atoms with van der Waals surface area (Å²) in [6.45, 7) is 4.64. The summed E-state index contributed by atoms with van der Waals surface area (Å²) in [4.78, 5) is 25.3. The van der Waals surface area contributed by atoms with E-state index >= 15 is 0 Å². The standard InChI is InChI=1S/C12H22N2O3S/c1-3-12(4-2,8-13)11(17)14-5-6-18-7-9(14)10(15)16/h9H,3-8,13H2,1-2H3,(H,15,16). The van der Waals surface area contributed by atoms with E-state index < -0.39 is 17.4 Å². The average molecular weight is 274 g/mol. The van der Waals surface area contributed by atoms with Crippen LogP contribution in [0.3, 0.4) is 0 Å². The van der Waals surface area contributed by atoms with E-state index in [1.807, 2.05) is 13.8 Å². The summed E-state index contributed by atoms with van der Waals surface area (Å²) >= 11 is 1.58. The predicted octanol–water partition coefficient (Wildman–Crippen LogP) is 0.780. The minimum absolute atomic E-state index is 0.0947. The molecule has 18 heavy (non-hydrogen) atoms. The van der Waals surface area contributed by atoms with Crippen molar-refractivity contribution in [2.24, 2.45) is 11.1 Å². The first-order valence-corrected chi connectivity index (χ1v) is 7.49. The number of carboxylic acid groups (broad SMARTS) is 1. The third-order valence-corrected chi connectivity index (χ3v) is 4.90. The van der Waals surface area contributed by atoms with E-state index in [0.717, 1.165) is 5.75 Å². The zero-order valence-electron chi connectivity index (χ0n) is 11.0. The molecule has 1 unspecified atom stereocenters. The first-order valence-electron chi connectivity index (χ1n) is 6.34. The molecule has 0 aromatic rings. The van der Waals surface area contributed by atoms with Gasteiger partial charge in [-0.05, 0) is 12.8 Å². The number of thioether (sulfide) groups is 1. The van der Waals surface area contributed by atoms with E-state index in [-0.39, 0.29) is 12.5 Å². The van der Waals surface area contributed by atoms with Crippen molar-refractivity contribution in [3.63, 3.8) is 0 Å². The van der Waals surface area contributed by atoms with Crippen LogP contribution in [-0.2, 0) is 9.59 Å². The highest BCUT2D eigenvalue weighted by Crippen LogP contribution is 2.30. The largest absolute Gasteiger partial charge is 0.480 e. The van der Waals surface area contributed by atoms with Crippen LogP contribution in [0.4, 0.5) is 0 Å². The molecule has 1 aliphatic rings. The molecule has 1 atom stereocenters. The Labute approximate surface area is 112 Å². The number of hydrogen-bond acceptors (Lipinski definition) is 4. The van der Waals surface area contributed by atoms with E-state index in [4.69, 9.17) is 5.73 Å². The van der Waals surface area contributed by atoms with Gasteiger partial charge in [-0.25, -0.2) is 4.79 Å². The number of nitrogens with two attached hydrogens (primary N) is 1. The monoisotopic (exact) mass is 274 g/mol. The zero-order chi connectivity index (χ0) is 13.8. The Hall–Kier alpha value is -0.750. The fraction of sp³-hybridized carbons (Fsp3) is 0.833. The van der Waals surface area contributed by atoms with Gasteiger partial charge < -0.3 is 15.7 Å². The molecule has 0 saturated carbocycles. The van der Waals surface area contributed by atoms with Gasteiger partial charge >= 0.3 is 5.97 Å². The van der Waals surface area contributed by atoms with Crippen LogP contribution in [0.15, 0.2) is 0 Å². The van der Waals surface area contributed by atoms with E-state index in [2.05, 4.69) is 0 Å². The van der Waals surface area contributed by atoms with Crippen molar-refractivity contribution in [3.8, 4) is 0 Å². The molecular formula is C12H22N2O3S. The molecule has 1 fully saturated rings. The Morgan fingerprint density at radius 1 is 1.44 bits per heavy atom. The Bertz CT molecular complexity index is 310. The Morgan fingerprint density at radius 2 is 2.06 bits per heavy atom. The van der Waals surface area contributed by atoms with Gasteiger partial charge in [0.1, 0.15) is 6.04 Å². The van der Waals surface area contributed by atoms with E-state index in [0.29, 0.717) is 25.1 Å². The fourth-order valence-corrected chi connectivity index (χ4v) is 3.32. The van der Waals surface area contributed by atoms with Crippen LogP contribution in [0.1, 0.15) is 26.7 Å². The molecule has 1 rings (SSSR count). The molecule has 0 aromatic heterocycles. The van der Waals surface area contributed by atoms with Crippen molar-refractivity contribution in [3.05, 3.63) is 0 Å². The Kier molecular flexibility index (Phi) is 5.47. The van der Waals surface area contributed by atoms with Crippen molar-refractivity contribution in [2.45, 2.75) is 32.7 Å². The lowest BCUT2D eigenvalue weighted by molar-refractivity contribution is -0.154. The molecule has 6 heteroatoms. The SMILES string of the molecule is CCC(CC)(CN)C(=O)N1CCSCC1C(=O)O. The molecule has 1 saturated heterocycles. The molecule has 0 radical (unpaired) electrons. The highest BCUT2D eigenvalue weighted by Gasteiger charge is 2.42. The maximum absolute atomic E-state index is 12.6. The number of nitrogens with zero attached hydrogens (tertiary/aromatic N) is 1. The van der Waals surface area contributed by atoms with Gasteiger partial charge in [0.05, 0.1) is 5.41 Å². The third kappa shape index (κ3) is 2.80. The number of carbonyl (C=O) groups excluding carboxylic acids is 1. The van der Waals surface area contributed by atoms with Gasteiger partial charge in [-0.15, -0.1) is 0 Å². The molecule has 1 heterocycles. The summed E-state index contributed by atoms with van der Waals surface area (Å²) in [6.07, 6.45) is 1.30. The lowest BCUT2D eigenvalue weighted by Crippen LogP contribution is -2.56. The first kappa shape index (κ1) is 15.3. The second-order valence-electron chi connectivity index (χ2n) is 4.62. The van der Waals surface area contributed by atoms with Crippen molar-refractivity contribution in [2.75, 3.05) is 24.6 Å². The van der Waals surface area contributed by atoms with Crippen molar-refractivity contribution >= 4 is 23.6 Å². The van der Waals surface area contributed by atoms with Crippen LogP contribution in [-0.4, -0.2) is 52.5 Å². The number of aliphatic carboxylic acids is 1. The molecule has 0 aliphatic carbocycles. The third-order valence-electron chi connectivity index (χ3n) is 3.87. The Balaban J connectivity index is 2.95. The highest BCUT2D eigenvalue weighted by atomic mass is 32.2. The van der Waals surface area contributed by atoms with Gasteiger partial charge in [-0.2, -0.15) is 11.8 Å². The van der Waals surface area contributed by atoms with Crippen LogP contribution in [0.2, 0.25) is 0 Å². The maximum Gasteiger partial charge on any atom is 0.327 e. The molecule has 1 amide bonds. The summed E-state index contributed by atoms with van der Waals surface area (Å²) in [6, 6.07) is -0.708. The summed E-state index contributed by atoms with van der Waals surface area (Å²) in [5.41, 5.74) is 5.16. The van der Waals surface area contributed by atoms with Gasteiger partial charge in [0.25, 0.3) is 0 Å². The van der Waals surface area contributed by atoms with E-state index in [9.17, 15) is 14.7 Å². The minimum Gasteiger partial charge on any atom is -0.480 e. The topological polar surface area (TPSA) is 83.6 Å². The summed E-state index contributed by atoms with van der Waals surface area (Å²) in [5, 5.41) is 9.20. The fourth-order valence-electron chi connectivity index (χ4n) is 2.28. The molecule has 0 spiro atoms. The van der Waals surface area contributed by atoms with Crippen LogP contribution < -0.4 is 5.73 Å². The number of amides is 1. The molecular weight excluding hydrogens is 252 g/mol. The zero-order valence-corrected chi connectivity index (χ0v) is 11.8. The van der Waals surface area contributed by atoms with Gasteiger partial charge in [0.2, 0.25) is 5.91 Å². The highest BCUT2D eigenvalue weighted by molar-refractivity contribution is 7.99. The Morgan fingerprint density at radius 3 is 2.50 bits per heavy atom. The quantitative estimate of drug-likeness (QED) is 0.774. The number of hydrogen-bond donors (Lipinski definition) is 2. The normalized spacial score (nSPS) is 20.8. The summed E-state index contributed by atoms with van der Waals surface area (Å²) in [5.74, 6) is 0.245. The first-order chi connectivity index (χ1) is 8.52. The summed E-state index contributed by atoms with van der Waals surface area (Å²) in [7, 11) is 0. The minimum atomic E-state index is -0.923. The molecule has 0 bridgehead atoms. The maximum atomic E-state index is 12.6. The molecule has 1 aliphatic heterocycles. The van der Waals surface area contributed by atoms with Crippen molar-refractivity contribution in [1.82, 2.24) is 4.90 Å². The molecule has 5 nitrogen and oxygen atoms in total. The van der Waals surface area contributed by atoms with Crippen LogP contribution >= 0.6 is 11.8 Å². The summed E-state index contributed by atoms with van der Waals surface area (Å²) < 4.78 is 0. The van der Waals surface area contributed by atoms with Gasteiger partial charge in [-0.3, -0.25) is 4.79 Å². The van der Waals surface area contributed by atoms with Gasteiger partial charge in [0, 0.05) is 24.6 Å². The van der Waals surface area contributed by atoms with Crippen molar-refractivity contribution in [1.29, 1.82) is 0 Å². The molecule has 3 N–H and O–H groups in total. The molecule has 0 aromatic carbocycles. The number of carboxylic acids is 1. The number of rotatable bonds is 5. The van der Waals surface area contributed by atoms with E-state index in [1.165, 1.54) is 4.90 Å². The predicted molar refractivity (Wildman–Crippen MR) is 72.5 cm³/mol. The van der Waals surface area contributed by atoms with Gasteiger partial charge in [-0.1, -0.05) is 13.8 Å². The van der Waals surface area contributed by atoms with E-state index in [1.54, 1.807) is 11.8 Å². The lowest BCUT2D eigenvalue weighted by atomic mass is 9.80. The lowest BCUT2D eigenvalue weighted by Gasteiger charge is -2.40. The van der Waals surface area contributed by atoms with Crippen LogP contribution in [0.25, 0.3) is 0 Å². The smallest absolute Gasteiger partial charge is 0.327 e. The van der Waals surface area contributed by atoms with Crippen LogP contribution in [0.5, 0.6) is 0 Å².